The molecule has 0 unspecified atom stereocenters. The van der Waals surface area contributed by atoms with Crippen molar-refractivity contribution in [1.29, 1.82) is 0 Å². The summed E-state index contributed by atoms with van der Waals surface area (Å²) in [6.45, 7) is 0. The van der Waals surface area contributed by atoms with Crippen LogP contribution >= 0.6 is 62.3 Å². The lowest BCUT2D eigenvalue weighted by Gasteiger charge is -2.12. The maximum atomic E-state index is 12.9. The van der Waals surface area contributed by atoms with Crippen molar-refractivity contribution in [3.63, 3.8) is 0 Å². The van der Waals surface area contributed by atoms with E-state index in [0.29, 0.717) is 0 Å². The first-order valence-electron chi connectivity index (χ1n) is 9.63. The van der Waals surface area contributed by atoms with E-state index in [1.807, 2.05) is 0 Å². The zero-order valence-electron chi connectivity index (χ0n) is 18.5. The van der Waals surface area contributed by atoms with Crippen molar-refractivity contribution < 1.29 is 35.2 Å². The number of hydrogen-bond acceptors (Lipinski definition) is 7. The van der Waals surface area contributed by atoms with Crippen molar-refractivity contribution in [2.45, 2.75) is 12.4 Å². The van der Waals surface area contributed by atoms with Gasteiger partial charge in [0.2, 0.25) is 5.89 Å². The molecule has 204 valence electrons. The summed E-state index contributed by atoms with van der Waals surface area (Å²) in [6, 6.07) is 4.89. The number of hydrogen-bond donors (Lipinski definition) is 0. The molecule has 7 nitrogen and oxygen atoms in total. The molecule has 0 aliphatic heterocycles. The number of aromatic nitrogens is 4. The molecule has 18 heteroatoms. The Bertz CT molecular complexity index is 1460. The van der Waals surface area contributed by atoms with Crippen LogP contribution in [0.15, 0.2) is 37.9 Å². The van der Waals surface area contributed by atoms with Crippen molar-refractivity contribution in [3.8, 4) is 22.9 Å². The molecule has 0 saturated heterocycles. The van der Waals surface area contributed by atoms with Crippen LogP contribution in [0.4, 0.5) is 32.4 Å². The van der Waals surface area contributed by atoms with Gasteiger partial charge in [-0.15, -0.1) is 15.3 Å². The first-order valence-corrected chi connectivity index (χ1v) is 11.9. The van der Waals surface area contributed by atoms with E-state index >= 15 is 0 Å². The molecule has 2 aromatic heterocycles. The first kappa shape index (κ1) is 30.3. The van der Waals surface area contributed by atoms with Gasteiger partial charge in [-0.2, -0.15) is 26.3 Å². The second-order valence-electron chi connectivity index (χ2n) is 7.21. The fourth-order valence-corrected chi connectivity index (χ4v) is 4.34. The summed E-state index contributed by atoms with van der Waals surface area (Å²) in [7, 11) is 3.31. The van der Waals surface area contributed by atoms with Gasteiger partial charge in [-0.3, -0.25) is 0 Å². The molecular formula is C20H10BrCl4F6N5O2. The highest BCUT2D eigenvalue weighted by molar-refractivity contribution is 9.10. The summed E-state index contributed by atoms with van der Waals surface area (Å²) in [5, 5.41) is 12.2. The molecule has 0 fully saturated rings. The minimum atomic E-state index is -4.67. The van der Waals surface area contributed by atoms with Crippen molar-refractivity contribution in [1.82, 2.24) is 20.4 Å². The maximum Gasteiger partial charge on any atom is 0.419 e. The molecule has 0 N–H and O–H groups in total. The minimum absolute atomic E-state index is 0.0241. The molecule has 0 radical (unpaired) electrons. The molecule has 0 saturated carbocycles. The lowest BCUT2D eigenvalue weighted by atomic mass is 10.1. The molecule has 0 spiro atoms. The SMILES string of the molecule is CN(C)c1nnc(-c2ccc(Cl)c(C(F)(F)F)c2Cl)o1.FC(F)(F)c1c(Cl)ccc(-c2nnc(Br)o2)c1Cl. The Morgan fingerprint density at radius 2 is 1.11 bits per heavy atom. The number of halogens is 11. The second kappa shape index (κ2) is 11.5. The molecule has 2 aromatic carbocycles. The van der Waals surface area contributed by atoms with Gasteiger partial charge in [0, 0.05) is 30.0 Å². The van der Waals surface area contributed by atoms with E-state index < -0.39 is 43.6 Å². The van der Waals surface area contributed by atoms with Gasteiger partial charge in [0.1, 0.15) is 0 Å². The molecule has 0 bridgehead atoms. The van der Waals surface area contributed by atoms with Crippen LogP contribution in [-0.4, -0.2) is 34.5 Å². The van der Waals surface area contributed by atoms with Gasteiger partial charge in [-0.05, 0) is 24.3 Å². The standard InChI is InChI=1S/C11H8Cl2F3N3O.C9H2BrCl2F3N2O/c1-19(2)10-18-17-9(20-10)5-3-4-6(12)7(8(5)13)11(14,15)16;10-8-17-16-7(18-8)3-1-2-4(11)5(6(3)12)9(13,14)15/h3-4H,1-2H3;1-2H. The summed E-state index contributed by atoms with van der Waals surface area (Å²) >= 11 is 25.4. The summed E-state index contributed by atoms with van der Waals surface area (Å²) in [6.07, 6.45) is -9.34. The topological polar surface area (TPSA) is 81.1 Å². The summed E-state index contributed by atoms with van der Waals surface area (Å²) in [5.74, 6) is -0.241. The molecule has 4 rings (SSSR count). The van der Waals surface area contributed by atoms with Crippen LogP contribution in [0.25, 0.3) is 22.9 Å². The molecule has 0 amide bonds. The van der Waals surface area contributed by atoms with Crippen LogP contribution in [-0.2, 0) is 12.4 Å². The van der Waals surface area contributed by atoms with Gasteiger partial charge < -0.3 is 13.7 Å². The highest BCUT2D eigenvalue weighted by Gasteiger charge is 2.38. The second-order valence-corrected chi connectivity index (χ2v) is 9.46. The fraction of sp³-hybridized carbons (Fsp3) is 0.200. The van der Waals surface area contributed by atoms with Crippen LogP contribution in [0.5, 0.6) is 0 Å². The fourth-order valence-electron chi connectivity index (χ4n) is 2.77. The van der Waals surface area contributed by atoms with E-state index in [9.17, 15) is 26.3 Å². The quantitative estimate of drug-likeness (QED) is 0.199. The summed E-state index contributed by atoms with van der Waals surface area (Å²) in [5.41, 5.74) is -2.31. The molecule has 0 atom stereocenters. The van der Waals surface area contributed by atoms with Crippen LogP contribution in [0, 0.1) is 0 Å². The number of alkyl halides is 6. The van der Waals surface area contributed by atoms with Gasteiger partial charge in [0.05, 0.1) is 42.3 Å². The Labute approximate surface area is 237 Å². The average molecular weight is 688 g/mol. The molecule has 38 heavy (non-hydrogen) atoms. The monoisotopic (exact) mass is 685 g/mol. The Hall–Kier alpha value is -2.26. The van der Waals surface area contributed by atoms with E-state index in [4.69, 9.17) is 55.2 Å². The molecule has 0 aliphatic carbocycles. The maximum absolute atomic E-state index is 12.9. The molecular weight excluding hydrogens is 678 g/mol. The van der Waals surface area contributed by atoms with E-state index in [0.717, 1.165) is 12.1 Å². The van der Waals surface area contributed by atoms with Gasteiger partial charge in [-0.1, -0.05) is 51.5 Å². The predicted molar refractivity (Wildman–Crippen MR) is 132 cm³/mol. The Kier molecular flexibility index (Phi) is 9.13. The van der Waals surface area contributed by atoms with Crippen molar-refractivity contribution in [2.75, 3.05) is 19.0 Å². The summed E-state index contributed by atoms with van der Waals surface area (Å²) in [4.78, 5) is 1.56. The third kappa shape index (κ3) is 6.65. The van der Waals surface area contributed by atoms with Gasteiger partial charge in [0.15, 0.2) is 0 Å². The number of benzene rings is 2. The van der Waals surface area contributed by atoms with E-state index in [1.54, 1.807) is 14.1 Å². The van der Waals surface area contributed by atoms with Crippen molar-refractivity contribution >= 4 is 68.3 Å². The molecule has 0 aliphatic rings. The van der Waals surface area contributed by atoms with Gasteiger partial charge in [-0.25, -0.2) is 0 Å². The van der Waals surface area contributed by atoms with E-state index in [-0.39, 0.29) is 33.7 Å². The smallest absolute Gasteiger partial charge is 0.411 e. The van der Waals surface area contributed by atoms with Gasteiger partial charge >= 0.3 is 18.4 Å². The number of anilines is 1. The minimum Gasteiger partial charge on any atom is -0.411 e. The third-order valence-electron chi connectivity index (χ3n) is 4.41. The zero-order valence-corrected chi connectivity index (χ0v) is 23.1. The highest BCUT2D eigenvalue weighted by Crippen LogP contribution is 2.45. The lowest BCUT2D eigenvalue weighted by Crippen LogP contribution is -2.08. The van der Waals surface area contributed by atoms with Crippen molar-refractivity contribution in [2.24, 2.45) is 0 Å². The Morgan fingerprint density at radius 3 is 1.45 bits per heavy atom. The predicted octanol–water partition coefficient (Wildman–Crippen LogP) is 8.95. The van der Waals surface area contributed by atoms with Crippen LogP contribution < -0.4 is 4.90 Å². The average Bonchev–Trinajstić information content (AvgIpc) is 3.42. The van der Waals surface area contributed by atoms with Crippen LogP contribution in [0.3, 0.4) is 0 Å². The van der Waals surface area contributed by atoms with Crippen LogP contribution in [0.2, 0.25) is 20.1 Å². The third-order valence-corrected chi connectivity index (χ3v) is 6.14. The highest BCUT2D eigenvalue weighted by atomic mass is 79.9. The Balaban J connectivity index is 0.000000212. The van der Waals surface area contributed by atoms with E-state index in [1.165, 1.54) is 17.0 Å². The zero-order chi connectivity index (χ0) is 28.6. The first-order chi connectivity index (χ1) is 17.5. The Morgan fingerprint density at radius 1 is 0.684 bits per heavy atom. The largest absolute Gasteiger partial charge is 0.419 e. The lowest BCUT2D eigenvalue weighted by molar-refractivity contribution is -0.138. The number of nitrogens with zero attached hydrogens (tertiary/aromatic N) is 5. The normalized spacial score (nSPS) is 11.8. The number of rotatable bonds is 3. The molecule has 2 heterocycles. The summed E-state index contributed by atoms with van der Waals surface area (Å²) < 4.78 is 87.2. The van der Waals surface area contributed by atoms with E-state index in [2.05, 4.69) is 36.3 Å². The van der Waals surface area contributed by atoms with Gasteiger partial charge in [0.25, 0.3) is 10.7 Å². The van der Waals surface area contributed by atoms with Crippen molar-refractivity contribution in [3.05, 3.63) is 60.3 Å². The molecule has 4 aromatic rings. The van der Waals surface area contributed by atoms with Crippen LogP contribution in [0.1, 0.15) is 11.1 Å².